The highest BCUT2D eigenvalue weighted by Crippen LogP contribution is 2.16. The number of para-hydroxylation sites is 1. The minimum Gasteiger partial charge on any atom is -0.369 e. The number of aliphatic imine (C=N–C) groups is 1. The number of nitrogens with zero attached hydrogens (tertiary/aromatic N) is 3. The second-order valence-corrected chi connectivity index (χ2v) is 7.14. The summed E-state index contributed by atoms with van der Waals surface area (Å²) in [6.45, 7) is 7.78. The fourth-order valence-electron chi connectivity index (χ4n) is 3.49. The molecule has 2 aromatic carbocycles. The van der Waals surface area contributed by atoms with Crippen molar-refractivity contribution >= 4 is 11.6 Å². The molecule has 0 radical (unpaired) electrons. The van der Waals surface area contributed by atoms with Crippen LogP contribution in [0.4, 0.5) is 10.1 Å². The van der Waals surface area contributed by atoms with Gasteiger partial charge in [0, 0.05) is 58.0 Å². The molecule has 150 valence electrons. The lowest BCUT2D eigenvalue weighted by Crippen LogP contribution is -2.53. The molecule has 1 atom stereocenters. The molecule has 1 aliphatic rings. The Labute approximate surface area is 167 Å². The third kappa shape index (κ3) is 5.70. The molecule has 2 N–H and O–H groups in total. The van der Waals surface area contributed by atoms with Crippen LogP contribution in [0.15, 0.2) is 59.6 Å². The van der Waals surface area contributed by atoms with Gasteiger partial charge < -0.3 is 15.5 Å². The lowest BCUT2D eigenvalue weighted by Gasteiger charge is -2.39. The maximum absolute atomic E-state index is 13.3. The molecular formula is C22H30FN5. The molecule has 1 fully saturated rings. The molecule has 1 saturated heterocycles. The van der Waals surface area contributed by atoms with Crippen LogP contribution in [-0.4, -0.2) is 56.7 Å². The molecule has 0 spiro atoms. The van der Waals surface area contributed by atoms with Crippen LogP contribution < -0.4 is 15.5 Å². The van der Waals surface area contributed by atoms with E-state index in [1.54, 1.807) is 13.1 Å². The highest BCUT2D eigenvalue weighted by atomic mass is 19.1. The second-order valence-electron chi connectivity index (χ2n) is 7.14. The molecule has 1 aliphatic heterocycles. The van der Waals surface area contributed by atoms with E-state index in [-0.39, 0.29) is 5.82 Å². The molecule has 5 nitrogen and oxygen atoms in total. The number of anilines is 1. The van der Waals surface area contributed by atoms with Gasteiger partial charge in [-0.2, -0.15) is 0 Å². The molecule has 1 unspecified atom stereocenters. The molecule has 0 aliphatic carbocycles. The Morgan fingerprint density at radius 2 is 1.79 bits per heavy atom. The Balaban J connectivity index is 1.41. The number of hydrogen-bond donors (Lipinski definition) is 2. The van der Waals surface area contributed by atoms with Crippen LogP contribution in [0, 0.1) is 5.82 Å². The average Bonchev–Trinajstić information content (AvgIpc) is 2.74. The van der Waals surface area contributed by atoms with Gasteiger partial charge in [-0.3, -0.25) is 9.89 Å². The molecule has 0 saturated carbocycles. The fourth-order valence-corrected chi connectivity index (χ4v) is 3.49. The zero-order valence-electron chi connectivity index (χ0n) is 16.7. The molecule has 28 heavy (non-hydrogen) atoms. The topological polar surface area (TPSA) is 42.9 Å². The van der Waals surface area contributed by atoms with E-state index >= 15 is 0 Å². The van der Waals surface area contributed by atoms with Crippen molar-refractivity contribution in [3.05, 3.63) is 66.0 Å². The van der Waals surface area contributed by atoms with Crippen LogP contribution in [0.1, 0.15) is 12.5 Å². The van der Waals surface area contributed by atoms with E-state index in [2.05, 4.69) is 62.7 Å². The Bertz CT molecular complexity index is 757. The van der Waals surface area contributed by atoms with E-state index in [0.717, 1.165) is 44.2 Å². The van der Waals surface area contributed by atoms with Crippen LogP contribution in [-0.2, 0) is 6.54 Å². The van der Waals surface area contributed by atoms with Gasteiger partial charge in [-0.05, 0) is 36.8 Å². The third-order valence-electron chi connectivity index (χ3n) is 5.20. The van der Waals surface area contributed by atoms with Crippen molar-refractivity contribution in [1.82, 2.24) is 15.5 Å². The Kier molecular flexibility index (Phi) is 7.25. The van der Waals surface area contributed by atoms with Crippen molar-refractivity contribution in [2.75, 3.05) is 44.7 Å². The Hall–Kier alpha value is -2.60. The number of guanidine groups is 1. The Morgan fingerprint density at radius 3 is 2.46 bits per heavy atom. The van der Waals surface area contributed by atoms with Crippen LogP contribution in [0.5, 0.6) is 0 Å². The van der Waals surface area contributed by atoms with E-state index in [1.165, 1.54) is 17.8 Å². The first-order chi connectivity index (χ1) is 13.7. The monoisotopic (exact) mass is 383 g/mol. The quantitative estimate of drug-likeness (QED) is 0.595. The molecule has 0 aromatic heterocycles. The van der Waals surface area contributed by atoms with Gasteiger partial charge in [-0.25, -0.2) is 4.39 Å². The van der Waals surface area contributed by atoms with E-state index in [0.29, 0.717) is 12.6 Å². The van der Waals surface area contributed by atoms with Gasteiger partial charge in [-0.1, -0.05) is 30.3 Å². The number of piperazine rings is 1. The van der Waals surface area contributed by atoms with Gasteiger partial charge in [0.15, 0.2) is 5.96 Å². The average molecular weight is 384 g/mol. The summed E-state index contributed by atoms with van der Waals surface area (Å²) in [7, 11) is 1.75. The largest absolute Gasteiger partial charge is 0.369 e. The molecule has 0 bridgehead atoms. The molecule has 2 aromatic rings. The predicted octanol–water partition coefficient (Wildman–Crippen LogP) is 2.70. The summed E-state index contributed by atoms with van der Waals surface area (Å²) in [6, 6.07) is 17.6. The summed E-state index contributed by atoms with van der Waals surface area (Å²) in [5.41, 5.74) is 2.20. The predicted molar refractivity (Wildman–Crippen MR) is 114 cm³/mol. The lowest BCUT2D eigenvalue weighted by atomic mass is 10.2. The number of halogens is 1. The zero-order chi connectivity index (χ0) is 19.8. The van der Waals surface area contributed by atoms with Gasteiger partial charge in [0.1, 0.15) is 5.82 Å². The van der Waals surface area contributed by atoms with Crippen LogP contribution in [0.3, 0.4) is 0 Å². The fraction of sp³-hybridized carbons (Fsp3) is 0.409. The number of rotatable bonds is 6. The van der Waals surface area contributed by atoms with Crippen LogP contribution in [0.25, 0.3) is 0 Å². The van der Waals surface area contributed by atoms with Crippen molar-refractivity contribution in [1.29, 1.82) is 0 Å². The maximum Gasteiger partial charge on any atom is 0.191 e. The molecule has 1 heterocycles. The smallest absolute Gasteiger partial charge is 0.191 e. The van der Waals surface area contributed by atoms with Crippen LogP contribution >= 0.6 is 0 Å². The molecule has 3 rings (SSSR count). The van der Waals surface area contributed by atoms with Gasteiger partial charge >= 0.3 is 0 Å². The van der Waals surface area contributed by atoms with Gasteiger partial charge in [0.25, 0.3) is 0 Å². The van der Waals surface area contributed by atoms with Gasteiger partial charge in [0.2, 0.25) is 0 Å². The highest BCUT2D eigenvalue weighted by Gasteiger charge is 2.21. The van der Waals surface area contributed by atoms with E-state index in [4.69, 9.17) is 0 Å². The summed E-state index contributed by atoms with van der Waals surface area (Å²) in [4.78, 5) is 9.22. The summed E-state index contributed by atoms with van der Waals surface area (Å²) in [6.07, 6.45) is 0. The number of nitrogens with one attached hydrogen (secondary N) is 2. The first-order valence-corrected chi connectivity index (χ1v) is 9.88. The number of benzene rings is 2. The normalized spacial score (nSPS) is 16.7. The SMILES string of the molecule is CN=C(NCc1cccc(F)c1)NCC(C)N1CCN(c2ccccc2)CC1. The first-order valence-electron chi connectivity index (χ1n) is 9.88. The highest BCUT2D eigenvalue weighted by molar-refractivity contribution is 5.79. The van der Waals surface area contributed by atoms with Crippen LogP contribution in [0.2, 0.25) is 0 Å². The van der Waals surface area contributed by atoms with E-state index in [9.17, 15) is 4.39 Å². The van der Waals surface area contributed by atoms with Gasteiger partial charge in [0.05, 0.1) is 0 Å². The molecule has 6 heteroatoms. The van der Waals surface area contributed by atoms with Crippen molar-refractivity contribution in [2.45, 2.75) is 19.5 Å². The lowest BCUT2D eigenvalue weighted by molar-refractivity contribution is 0.197. The van der Waals surface area contributed by atoms with Gasteiger partial charge in [-0.15, -0.1) is 0 Å². The van der Waals surface area contributed by atoms with E-state index in [1.807, 2.05) is 6.07 Å². The van der Waals surface area contributed by atoms with Crippen molar-refractivity contribution < 1.29 is 4.39 Å². The minimum absolute atomic E-state index is 0.217. The van der Waals surface area contributed by atoms with Crippen molar-refractivity contribution in [3.63, 3.8) is 0 Å². The third-order valence-corrected chi connectivity index (χ3v) is 5.20. The van der Waals surface area contributed by atoms with Crippen molar-refractivity contribution in [2.24, 2.45) is 4.99 Å². The molecule has 0 amide bonds. The summed E-state index contributed by atoms with van der Waals surface area (Å²) in [5, 5.41) is 6.63. The molecular weight excluding hydrogens is 353 g/mol. The summed E-state index contributed by atoms with van der Waals surface area (Å²) < 4.78 is 13.3. The zero-order valence-corrected chi connectivity index (χ0v) is 16.7. The van der Waals surface area contributed by atoms with E-state index < -0.39 is 0 Å². The summed E-state index contributed by atoms with van der Waals surface area (Å²) in [5.74, 6) is 0.518. The first kappa shape index (κ1) is 20.1. The Morgan fingerprint density at radius 1 is 1.04 bits per heavy atom. The summed E-state index contributed by atoms with van der Waals surface area (Å²) >= 11 is 0. The minimum atomic E-state index is -0.217. The number of hydrogen-bond acceptors (Lipinski definition) is 3. The standard InChI is InChI=1S/C22H30FN5/c1-18(27-11-13-28(14-12-27)21-9-4-3-5-10-21)16-25-22(24-2)26-17-19-7-6-8-20(23)15-19/h3-10,15,18H,11-14,16-17H2,1-2H3,(H2,24,25,26). The second kappa shape index (κ2) is 10.1. The van der Waals surface area contributed by atoms with Crippen molar-refractivity contribution in [3.8, 4) is 0 Å². The maximum atomic E-state index is 13.3.